The topological polar surface area (TPSA) is 80.8 Å². The fourth-order valence-electron chi connectivity index (χ4n) is 3.04. The van der Waals surface area contributed by atoms with Crippen molar-refractivity contribution >= 4 is 23.3 Å². The molecule has 11 heteroatoms. The summed E-state index contributed by atoms with van der Waals surface area (Å²) in [6.07, 6.45) is -3.87. The first-order chi connectivity index (χ1) is 12.9. The molecule has 2 heterocycles. The summed E-state index contributed by atoms with van der Waals surface area (Å²) in [5, 5.41) is 2.56. The van der Waals surface area contributed by atoms with E-state index in [9.17, 15) is 22.8 Å². The molecule has 28 heavy (non-hydrogen) atoms. The van der Waals surface area contributed by atoms with E-state index in [1.165, 1.54) is 12.0 Å². The number of halogens is 3. The highest BCUT2D eigenvalue weighted by atomic mass is 32.1. The van der Waals surface area contributed by atoms with E-state index in [2.05, 4.69) is 10.3 Å². The Labute approximate surface area is 165 Å². The van der Waals surface area contributed by atoms with Crippen LogP contribution in [0.3, 0.4) is 0 Å². The maximum Gasteiger partial charge on any atom is 0.443 e. The van der Waals surface area contributed by atoms with E-state index in [-0.39, 0.29) is 18.8 Å². The van der Waals surface area contributed by atoms with Crippen molar-refractivity contribution < 1.29 is 32.2 Å². The predicted octanol–water partition coefficient (Wildman–Crippen LogP) is 3.31. The minimum atomic E-state index is -4.60. The van der Waals surface area contributed by atoms with Crippen molar-refractivity contribution in [2.45, 2.75) is 50.9 Å². The van der Waals surface area contributed by atoms with Crippen molar-refractivity contribution in [1.29, 1.82) is 0 Å². The van der Waals surface area contributed by atoms with Crippen LogP contribution in [-0.4, -0.2) is 59.8 Å². The average Bonchev–Trinajstić information content (AvgIpc) is 3.18. The van der Waals surface area contributed by atoms with Crippen LogP contribution in [0.1, 0.15) is 49.1 Å². The van der Waals surface area contributed by atoms with E-state index in [0.29, 0.717) is 30.7 Å². The van der Waals surface area contributed by atoms with Crippen LogP contribution in [-0.2, 0) is 15.7 Å². The number of rotatable bonds is 5. The molecule has 1 aromatic heterocycles. The number of alkyl halides is 3. The molecule has 0 spiro atoms. The van der Waals surface area contributed by atoms with Gasteiger partial charge in [-0.2, -0.15) is 13.2 Å². The first kappa shape index (κ1) is 22.4. The quantitative estimate of drug-likeness (QED) is 0.786. The first-order valence-electron chi connectivity index (χ1n) is 8.68. The highest BCUT2D eigenvalue weighted by molar-refractivity contribution is 7.09. The normalized spacial score (nSPS) is 20.3. The number of hydrogen-bond acceptors (Lipinski definition) is 6. The molecule has 1 fully saturated rings. The lowest BCUT2D eigenvalue weighted by atomic mass is 9.97. The zero-order chi connectivity index (χ0) is 21.2. The highest BCUT2D eigenvalue weighted by Gasteiger charge is 2.46. The summed E-state index contributed by atoms with van der Waals surface area (Å²) in [6.45, 7) is 5.85. The number of carbonyl (C=O) groups is 2. The Kier molecular flexibility index (Phi) is 6.59. The van der Waals surface area contributed by atoms with Crippen molar-refractivity contribution in [2.24, 2.45) is 0 Å². The third-order valence-electron chi connectivity index (χ3n) is 4.18. The Morgan fingerprint density at radius 3 is 2.57 bits per heavy atom. The number of amides is 2. The number of thiazole rings is 1. The number of ether oxygens (including phenoxy) is 2. The molecule has 7 nitrogen and oxygen atoms in total. The minimum Gasteiger partial charge on any atom is -0.444 e. The van der Waals surface area contributed by atoms with Crippen LogP contribution in [0.5, 0.6) is 0 Å². The molecule has 1 aromatic rings. The van der Waals surface area contributed by atoms with Gasteiger partial charge in [-0.3, -0.25) is 9.69 Å². The van der Waals surface area contributed by atoms with Gasteiger partial charge in [0.2, 0.25) is 0 Å². The number of nitrogens with zero attached hydrogens (tertiary/aromatic N) is 2. The lowest BCUT2D eigenvalue weighted by molar-refractivity contribution is -0.137. The maximum atomic E-state index is 12.7. The van der Waals surface area contributed by atoms with Gasteiger partial charge in [-0.05, 0) is 33.6 Å². The summed E-state index contributed by atoms with van der Waals surface area (Å²) in [7, 11) is 1.48. The number of likely N-dealkylation sites (tertiary alicyclic amines) is 1. The van der Waals surface area contributed by atoms with E-state index < -0.39 is 34.3 Å². The summed E-state index contributed by atoms with van der Waals surface area (Å²) in [6, 6.07) is 0. The minimum absolute atomic E-state index is 0.0117. The molecule has 2 rings (SSSR count). The van der Waals surface area contributed by atoms with Crippen LogP contribution >= 0.6 is 11.3 Å². The van der Waals surface area contributed by atoms with Crippen LogP contribution in [0.2, 0.25) is 0 Å². The van der Waals surface area contributed by atoms with Gasteiger partial charge in [0.1, 0.15) is 11.3 Å². The first-order valence-corrected chi connectivity index (χ1v) is 9.56. The largest absolute Gasteiger partial charge is 0.444 e. The second kappa shape index (κ2) is 8.24. The predicted molar refractivity (Wildman–Crippen MR) is 96.2 cm³/mol. The van der Waals surface area contributed by atoms with Crippen LogP contribution in [0.25, 0.3) is 0 Å². The molecule has 0 saturated carbocycles. The molecule has 158 valence electrons. The molecule has 1 aliphatic rings. The summed E-state index contributed by atoms with van der Waals surface area (Å²) in [4.78, 5) is 29.7. The van der Waals surface area contributed by atoms with Crippen molar-refractivity contribution in [1.82, 2.24) is 15.2 Å². The zero-order valence-corrected chi connectivity index (χ0v) is 17.0. The van der Waals surface area contributed by atoms with Crippen LogP contribution in [0.15, 0.2) is 5.38 Å². The van der Waals surface area contributed by atoms with Gasteiger partial charge < -0.3 is 14.8 Å². The van der Waals surface area contributed by atoms with E-state index >= 15 is 0 Å². The lowest BCUT2D eigenvalue weighted by Gasteiger charge is -2.38. The second-order valence-corrected chi connectivity index (χ2v) is 8.47. The number of methoxy groups -OCH3 is 1. The van der Waals surface area contributed by atoms with Crippen LogP contribution < -0.4 is 5.32 Å². The molecule has 1 aliphatic heterocycles. The summed E-state index contributed by atoms with van der Waals surface area (Å²) >= 11 is 0.358. The van der Waals surface area contributed by atoms with Gasteiger partial charge in [0.25, 0.3) is 5.91 Å². The molecular formula is C17H24F3N3O4S. The van der Waals surface area contributed by atoms with Gasteiger partial charge in [-0.15, -0.1) is 11.3 Å². The molecular weight excluding hydrogens is 399 g/mol. The monoisotopic (exact) mass is 423 g/mol. The van der Waals surface area contributed by atoms with Gasteiger partial charge in [-0.25, -0.2) is 9.78 Å². The van der Waals surface area contributed by atoms with Gasteiger partial charge in [-0.1, -0.05) is 0 Å². The fourth-order valence-corrected chi connectivity index (χ4v) is 3.71. The zero-order valence-electron chi connectivity index (χ0n) is 16.2. The van der Waals surface area contributed by atoms with E-state index in [0.717, 1.165) is 5.38 Å². The molecule has 2 amide bonds. The average molecular weight is 423 g/mol. The van der Waals surface area contributed by atoms with Gasteiger partial charge in [0, 0.05) is 25.6 Å². The van der Waals surface area contributed by atoms with E-state index in [1.54, 1.807) is 20.8 Å². The van der Waals surface area contributed by atoms with Gasteiger partial charge in [0.15, 0.2) is 5.01 Å². The van der Waals surface area contributed by atoms with E-state index in [1.807, 2.05) is 0 Å². The number of hydrogen-bond donors (Lipinski definition) is 1. The number of aromatic nitrogens is 1. The number of carbonyl (C=O) groups excluding carboxylic acids is 2. The van der Waals surface area contributed by atoms with Crippen molar-refractivity contribution in [3.63, 3.8) is 0 Å². The Bertz CT molecular complexity index is 717. The Hall–Kier alpha value is -1.88. The molecule has 1 saturated heterocycles. The van der Waals surface area contributed by atoms with Crippen LogP contribution in [0.4, 0.5) is 18.0 Å². The van der Waals surface area contributed by atoms with E-state index in [4.69, 9.17) is 9.47 Å². The fraction of sp³-hybridized carbons (Fsp3) is 0.706. The molecule has 0 unspecified atom stereocenters. The third kappa shape index (κ3) is 5.34. The van der Waals surface area contributed by atoms with Gasteiger partial charge >= 0.3 is 12.3 Å². The SMILES string of the molecule is COC[C@@]1(CNC(=O)c2csc(C(F)(F)F)n2)CCCN1C(=O)OC(C)(C)C. The molecule has 0 aliphatic carbocycles. The molecule has 1 atom stereocenters. The van der Waals surface area contributed by atoms with Crippen molar-refractivity contribution in [3.8, 4) is 0 Å². The molecule has 0 aromatic carbocycles. The summed E-state index contributed by atoms with van der Waals surface area (Å²) < 4.78 is 48.7. The summed E-state index contributed by atoms with van der Waals surface area (Å²) in [5.74, 6) is -0.738. The smallest absolute Gasteiger partial charge is 0.443 e. The Morgan fingerprint density at radius 1 is 1.36 bits per heavy atom. The van der Waals surface area contributed by atoms with Gasteiger partial charge in [0.05, 0.1) is 12.1 Å². The lowest BCUT2D eigenvalue weighted by Crippen LogP contribution is -2.57. The van der Waals surface area contributed by atoms with Crippen molar-refractivity contribution in [2.75, 3.05) is 26.8 Å². The van der Waals surface area contributed by atoms with Crippen LogP contribution in [0, 0.1) is 0 Å². The third-order valence-corrected chi connectivity index (χ3v) is 5.07. The standard InChI is InChI=1S/C17H24F3N3O4S/c1-15(2,3)27-14(25)23-7-5-6-16(23,10-26-4)9-21-12(24)11-8-28-13(22-11)17(18,19)20/h8H,5-7,9-10H2,1-4H3,(H,21,24)/t16-/m0/s1. The van der Waals surface area contributed by atoms with Crippen molar-refractivity contribution in [3.05, 3.63) is 16.1 Å². The Balaban J connectivity index is 2.11. The Morgan fingerprint density at radius 2 is 2.04 bits per heavy atom. The molecule has 1 N–H and O–H groups in total. The molecule has 0 radical (unpaired) electrons. The molecule has 0 bridgehead atoms. The number of nitrogens with one attached hydrogen (secondary N) is 1. The summed E-state index contributed by atoms with van der Waals surface area (Å²) in [5.41, 5.74) is -1.84. The maximum absolute atomic E-state index is 12.7. The second-order valence-electron chi connectivity index (χ2n) is 7.61. The highest BCUT2D eigenvalue weighted by Crippen LogP contribution is 2.33.